The van der Waals surface area contributed by atoms with Crippen molar-refractivity contribution in [3.05, 3.63) is 70.8 Å². The summed E-state index contributed by atoms with van der Waals surface area (Å²) in [6, 6.07) is 10.1. The van der Waals surface area contributed by atoms with E-state index in [9.17, 15) is 23.2 Å². The van der Waals surface area contributed by atoms with Crippen LogP contribution in [0.15, 0.2) is 42.5 Å². The standard InChI is InChI=1S/C21H19F2N5O3/c22-16-9-15(10-17(23)11-16)21(31)28-8-7-27(19(28)18(29)26-6-5-24)20(30)14-3-1-13(12-25)2-4-14/h1-4,9-11,19H,5-8,24H2,(H,26,29). The van der Waals surface area contributed by atoms with Gasteiger partial charge in [-0.05, 0) is 36.4 Å². The van der Waals surface area contributed by atoms with Crippen LogP contribution in [-0.2, 0) is 4.79 Å². The number of hydrogen-bond acceptors (Lipinski definition) is 5. The minimum atomic E-state index is -1.33. The quantitative estimate of drug-likeness (QED) is 0.733. The molecular formula is C21H19F2N5O3. The van der Waals surface area contributed by atoms with Crippen LogP contribution in [0.1, 0.15) is 26.3 Å². The number of rotatable bonds is 5. The van der Waals surface area contributed by atoms with Crippen molar-refractivity contribution in [2.45, 2.75) is 6.17 Å². The summed E-state index contributed by atoms with van der Waals surface area (Å²) < 4.78 is 27.2. The Morgan fingerprint density at radius 2 is 1.55 bits per heavy atom. The Labute approximate surface area is 176 Å². The van der Waals surface area contributed by atoms with Crippen LogP contribution in [0.2, 0.25) is 0 Å². The van der Waals surface area contributed by atoms with Gasteiger partial charge in [0.2, 0.25) is 0 Å². The smallest absolute Gasteiger partial charge is 0.263 e. The molecule has 1 atom stereocenters. The van der Waals surface area contributed by atoms with Crippen molar-refractivity contribution in [1.82, 2.24) is 15.1 Å². The molecule has 8 nitrogen and oxygen atoms in total. The van der Waals surface area contributed by atoms with Crippen LogP contribution in [0, 0.1) is 23.0 Å². The van der Waals surface area contributed by atoms with Crippen LogP contribution in [0.5, 0.6) is 0 Å². The Hall–Kier alpha value is -3.84. The van der Waals surface area contributed by atoms with E-state index in [1.807, 2.05) is 6.07 Å². The van der Waals surface area contributed by atoms with E-state index in [1.54, 1.807) is 0 Å². The summed E-state index contributed by atoms with van der Waals surface area (Å²) in [5, 5.41) is 11.5. The van der Waals surface area contributed by atoms with Gasteiger partial charge in [-0.15, -0.1) is 0 Å². The molecular weight excluding hydrogens is 408 g/mol. The molecule has 3 N–H and O–H groups in total. The summed E-state index contributed by atoms with van der Waals surface area (Å²) in [6.45, 7) is 0.277. The molecule has 1 aliphatic heterocycles. The number of carbonyl (C=O) groups is 3. The maximum absolute atomic E-state index is 13.6. The van der Waals surface area contributed by atoms with Crippen molar-refractivity contribution in [3.8, 4) is 6.07 Å². The monoisotopic (exact) mass is 427 g/mol. The van der Waals surface area contributed by atoms with E-state index in [-0.39, 0.29) is 37.3 Å². The van der Waals surface area contributed by atoms with E-state index < -0.39 is 35.5 Å². The minimum absolute atomic E-state index is 0.0142. The van der Waals surface area contributed by atoms with Gasteiger partial charge >= 0.3 is 0 Å². The third-order valence-corrected chi connectivity index (χ3v) is 4.74. The number of nitrogens with one attached hydrogen (secondary N) is 1. The molecule has 31 heavy (non-hydrogen) atoms. The molecule has 2 aromatic rings. The van der Waals surface area contributed by atoms with Gasteiger partial charge < -0.3 is 20.9 Å². The first-order valence-corrected chi connectivity index (χ1v) is 9.41. The fourth-order valence-electron chi connectivity index (χ4n) is 3.32. The minimum Gasteiger partial charge on any atom is -0.351 e. The highest BCUT2D eigenvalue weighted by molar-refractivity contribution is 6.02. The van der Waals surface area contributed by atoms with Gasteiger partial charge in [-0.1, -0.05) is 0 Å². The Kier molecular flexibility index (Phi) is 6.57. The predicted molar refractivity (Wildman–Crippen MR) is 105 cm³/mol. The Balaban J connectivity index is 1.92. The lowest BCUT2D eigenvalue weighted by atomic mass is 10.1. The molecule has 160 valence electrons. The van der Waals surface area contributed by atoms with Gasteiger partial charge in [0.25, 0.3) is 17.7 Å². The highest BCUT2D eigenvalue weighted by atomic mass is 19.1. The zero-order valence-corrected chi connectivity index (χ0v) is 16.3. The largest absolute Gasteiger partial charge is 0.351 e. The maximum atomic E-state index is 13.6. The zero-order valence-electron chi connectivity index (χ0n) is 16.3. The first-order chi connectivity index (χ1) is 14.8. The second-order valence-corrected chi connectivity index (χ2v) is 6.80. The maximum Gasteiger partial charge on any atom is 0.263 e. The summed E-state index contributed by atoms with van der Waals surface area (Å²) in [6.07, 6.45) is -1.33. The zero-order chi connectivity index (χ0) is 22.5. The SMILES string of the molecule is N#Cc1ccc(C(=O)N2CCN(C(=O)c3cc(F)cc(F)c3)C2C(=O)NCCN)cc1. The van der Waals surface area contributed by atoms with E-state index in [2.05, 4.69) is 5.32 Å². The first-order valence-electron chi connectivity index (χ1n) is 9.41. The molecule has 0 aromatic heterocycles. The number of carbonyl (C=O) groups excluding carboxylic acids is 3. The summed E-state index contributed by atoms with van der Waals surface area (Å²) in [5.74, 6) is -3.83. The Morgan fingerprint density at radius 1 is 1.00 bits per heavy atom. The van der Waals surface area contributed by atoms with Crippen molar-refractivity contribution in [2.75, 3.05) is 26.2 Å². The lowest BCUT2D eigenvalue weighted by molar-refractivity contribution is -0.128. The Bertz CT molecular complexity index is 1030. The number of benzene rings is 2. The molecule has 0 radical (unpaired) electrons. The van der Waals surface area contributed by atoms with E-state index in [0.717, 1.165) is 17.0 Å². The predicted octanol–water partition coefficient (Wildman–Crippen LogP) is 0.836. The summed E-state index contributed by atoms with van der Waals surface area (Å²) >= 11 is 0. The molecule has 0 spiro atoms. The van der Waals surface area contributed by atoms with Crippen molar-refractivity contribution in [1.29, 1.82) is 5.26 Å². The molecule has 1 fully saturated rings. The van der Waals surface area contributed by atoms with Crippen molar-refractivity contribution in [3.63, 3.8) is 0 Å². The van der Waals surface area contributed by atoms with Crippen LogP contribution < -0.4 is 11.1 Å². The molecule has 0 bridgehead atoms. The van der Waals surface area contributed by atoms with Gasteiger partial charge in [0, 0.05) is 43.4 Å². The molecule has 1 aliphatic rings. The first kappa shape index (κ1) is 21.9. The molecule has 10 heteroatoms. The topological polar surface area (TPSA) is 120 Å². The fraction of sp³-hybridized carbons (Fsp3) is 0.238. The van der Waals surface area contributed by atoms with Crippen molar-refractivity contribution < 1.29 is 23.2 Å². The molecule has 1 unspecified atom stereocenters. The summed E-state index contributed by atoms with van der Waals surface area (Å²) in [4.78, 5) is 41.0. The lowest BCUT2D eigenvalue weighted by Gasteiger charge is -2.29. The van der Waals surface area contributed by atoms with Crippen LogP contribution in [0.25, 0.3) is 0 Å². The van der Waals surface area contributed by atoms with Gasteiger partial charge in [-0.25, -0.2) is 8.78 Å². The molecule has 1 saturated heterocycles. The number of amides is 3. The van der Waals surface area contributed by atoms with Gasteiger partial charge in [-0.2, -0.15) is 5.26 Å². The van der Waals surface area contributed by atoms with Crippen LogP contribution >= 0.6 is 0 Å². The number of halogens is 2. The third kappa shape index (κ3) is 4.67. The summed E-state index contributed by atoms with van der Waals surface area (Å²) in [5.41, 5.74) is 5.73. The van der Waals surface area contributed by atoms with Gasteiger partial charge in [-0.3, -0.25) is 14.4 Å². The second kappa shape index (κ2) is 9.32. The molecule has 0 saturated carbocycles. The Morgan fingerprint density at radius 3 is 2.06 bits per heavy atom. The molecule has 1 heterocycles. The normalized spacial score (nSPS) is 15.5. The molecule has 3 rings (SSSR count). The molecule has 2 aromatic carbocycles. The number of nitrogens with zero attached hydrogens (tertiary/aromatic N) is 3. The van der Waals surface area contributed by atoms with Crippen molar-refractivity contribution >= 4 is 17.7 Å². The van der Waals surface area contributed by atoms with Crippen molar-refractivity contribution in [2.24, 2.45) is 5.73 Å². The van der Waals surface area contributed by atoms with Crippen LogP contribution in [-0.4, -0.2) is 59.9 Å². The summed E-state index contributed by atoms with van der Waals surface area (Å²) in [7, 11) is 0. The number of nitriles is 1. The highest BCUT2D eigenvalue weighted by Gasteiger charge is 2.43. The van der Waals surface area contributed by atoms with E-state index in [0.29, 0.717) is 11.6 Å². The van der Waals surface area contributed by atoms with Crippen LogP contribution in [0.3, 0.4) is 0 Å². The average molecular weight is 427 g/mol. The third-order valence-electron chi connectivity index (χ3n) is 4.74. The average Bonchev–Trinajstić information content (AvgIpc) is 3.21. The van der Waals surface area contributed by atoms with Gasteiger partial charge in [0.05, 0.1) is 11.6 Å². The molecule has 0 aliphatic carbocycles. The van der Waals surface area contributed by atoms with Gasteiger partial charge in [0.1, 0.15) is 11.6 Å². The number of nitrogens with two attached hydrogens (primary N) is 1. The van der Waals surface area contributed by atoms with E-state index in [1.165, 1.54) is 29.2 Å². The fourth-order valence-corrected chi connectivity index (χ4v) is 3.32. The number of hydrogen-bond donors (Lipinski definition) is 2. The van der Waals surface area contributed by atoms with Crippen LogP contribution in [0.4, 0.5) is 8.78 Å². The van der Waals surface area contributed by atoms with E-state index >= 15 is 0 Å². The highest BCUT2D eigenvalue weighted by Crippen LogP contribution is 2.22. The van der Waals surface area contributed by atoms with E-state index in [4.69, 9.17) is 11.0 Å². The van der Waals surface area contributed by atoms with Gasteiger partial charge in [0.15, 0.2) is 6.17 Å². The molecule has 3 amide bonds. The second-order valence-electron chi connectivity index (χ2n) is 6.80. The lowest BCUT2D eigenvalue weighted by Crippen LogP contribution is -2.54.